The highest BCUT2D eigenvalue weighted by Crippen LogP contribution is 2.32. The smallest absolute Gasteiger partial charge is 0.240 e. The Labute approximate surface area is 192 Å². The molecule has 1 N–H and O–H groups in total. The molecule has 6 nitrogen and oxygen atoms in total. The minimum Gasteiger partial charge on any atom is -0.348 e. The molecular formula is C25H29N5OS. The molecule has 2 aromatic heterocycles. The van der Waals surface area contributed by atoms with Gasteiger partial charge in [-0.15, -0.1) is 0 Å². The van der Waals surface area contributed by atoms with Crippen molar-refractivity contribution < 1.29 is 4.79 Å². The van der Waals surface area contributed by atoms with Crippen LogP contribution in [0.3, 0.4) is 0 Å². The number of anilines is 1. The lowest BCUT2D eigenvalue weighted by Gasteiger charge is -2.19. The first kappa shape index (κ1) is 22.0. The van der Waals surface area contributed by atoms with Gasteiger partial charge in [-0.05, 0) is 69.0 Å². The number of carbonyl (C=O) groups excluding carboxylic acids is 1. The lowest BCUT2D eigenvalue weighted by Crippen LogP contribution is -2.36. The third-order valence-electron chi connectivity index (χ3n) is 5.74. The lowest BCUT2D eigenvalue weighted by molar-refractivity contribution is -0.120. The van der Waals surface area contributed by atoms with Crippen LogP contribution in [0.4, 0.5) is 5.13 Å². The van der Waals surface area contributed by atoms with E-state index in [-0.39, 0.29) is 18.5 Å². The van der Waals surface area contributed by atoms with Crippen LogP contribution in [-0.4, -0.2) is 34.3 Å². The number of benzene rings is 2. The number of nitrogens with one attached hydrogen (secondary N) is 1. The summed E-state index contributed by atoms with van der Waals surface area (Å²) >= 11 is 1.56. The average molecular weight is 448 g/mol. The lowest BCUT2D eigenvalue weighted by atomic mass is 10.0. The Hall–Kier alpha value is -3.19. The third kappa shape index (κ3) is 4.39. The van der Waals surface area contributed by atoms with Gasteiger partial charge < -0.3 is 10.2 Å². The normalized spacial score (nSPS) is 12.2. The topological polar surface area (TPSA) is 63.1 Å². The van der Waals surface area contributed by atoms with Crippen molar-refractivity contribution in [3.8, 4) is 5.69 Å². The van der Waals surface area contributed by atoms with Gasteiger partial charge in [-0.2, -0.15) is 10.1 Å². The van der Waals surface area contributed by atoms with Gasteiger partial charge in [-0.25, -0.2) is 4.68 Å². The van der Waals surface area contributed by atoms with Gasteiger partial charge in [0.25, 0.3) is 0 Å². The minimum atomic E-state index is -0.0531. The fourth-order valence-electron chi connectivity index (χ4n) is 3.71. The van der Waals surface area contributed by atoms with Crippen molar-refractivity contribution in [1.29, 1.82) is 0 Å². The van der Waals surface area contributed by atoms with Crippen LogP contribution in [0.5, 0.6) is 0 Å². The van der Waals surface area contributed by atoms with Crippen molar-refractivity contribution in [3.63, 3.8) is 0 Å². The molecular weight excluding hydrogens is 418 g/mol. The zero-order chi connectivity index (χ0) is 23.0. The third-order valence-corrected chi connectivity index (χ3v) is 7.01. The molecule has 0 spiro atoms. The van der Waals surface area contributed by atoms with E-state index in [4.69, 9.17) is 4.98 Å². The summed E-state index contributed by atoms with van der Waals surface area (Å²) in [5.41, 5.74) is 7.51. The van der Waals surface area contributed by atoms with Crippen LogP contribution in [0.2, 0.25) is 0 Å². The molecule has 0 saturated heterocycles. The summed E-state index contributed by atoms with van der Waals surface area (Å²) in [6, 6.07) is 14.5. The number of aromatic nitrogens is 3. The van der Waals surface area contributed by atoms with E-state index in [1.54, 1.807) is 11.3 Å². The Bertz CT molecular complexity index is 1290. The number of likely N-dealkylation sites (N-methyl/N-ethyl adjacent to an activating group) is 1. The summed E-state index contributed by atoms with van der Waals surface area (Å²) in [5.74, 6) is -0.0329. The van der Waals surface area contributed by atoms with Crippen LogP contribution in [0.1, 0.15) is 40.9 Å². The molecule has 0 unspecified atom stereocenters. The Kier molecular flexibility index (Phi) is 6.02. The number of thiazole rings is 1. The summed E-state index contributed by atoms with van der Waals surface area (Å²) < 4.78 is 2.92. The average Bonchev–Trinajstić information content (AvgIpc) is 3.30. The van der Waals surface area contributed by atoms with E-state index in [0.29, 0.717) is 0 Å². The molecule has 32 heavy (non-hydrogen) atoms. The predicted octanol–water partition coefficient (Wildman–Crippen LogP) is 5.03. The number of aryl methyl sites for hydroxylation is 4. The number of fused-ring (bicyclic) bond motifs is 1. The predicted molar refractivity (Wildman–Crippen MR) is 132 cm³/mol. The van der Waals surface area contributed by atoms with Gasteiger partial charge in [0.2, 0.25) is 5.91 Å². The fraction of sp³-hybridized carbons (Fsp3) is 0.320. The van der Waals surface area contributed by atoms with Crippen LogP contribution < -0.4 is 10.2 Å². The molecule has 0 bridgehead atoms. The van der Waals surface area contributed by atoms with E-state index in [2.05, 4.69) is 61.5 Å². The van der Waals surface area contributed by atoms with Gasteiger partial charge in [0.05, 0.1) is 28.7 Å². The number of amides is 1. The van der Waals surface area contributed by atoms with Gasteiger partial charge in [0.15, 0.2) is 10.8 Å². The number of rotatable bonds is 6. The highest BCUT2D eigenvalue weighted by Gasteiger charge is 2.19. The summed E-state index contributed by atoms with van der Waals surface area (Å²) in [6.45, 7) is 10.5. The van der Waals surface area contributed by atoms with Crippen molar-refractivity contribution in [2.24, 2.45) is 0 Å². The van der Waals surface area contributed by atoms with Gasteiger partial charge in [0, 0.05) is 7.05 Å². The van der Waals surface area contributed by atoms with Crippen molar-refractivity contribution in [1.82, 2.24) is 20.1 Å². The van der Waals surface area contributed by atoms with Gasteiger partial charge >= 0.3 is 0 Å². The van der Waals surface area contributed by atoms with Crippen LogP contribution in [0.25, 0.3) is 16.0 Å². The highest BCUT2D eigenvalue weighted by atomic mass is 32.1. The van der Waals surface area contributed by atoms with E-state index in [1.807, 2.05) is 42.6 Å². The molecule has 7 heteroatoms. The van der Waals surface area contributed by atoms with Crippen molar-refractivity contribution in [3.05, 3.63) is 70.4 Å². The molecule has 0 aliphatic carbocycles. The summed E-state index contributed by atoms with van der Waals surface area (Å²) in [5, 5.41) is 8.58. The molecule has 2 heterocycles. The van der Waals surface area contributed by atoms with Crippen LogP contribution >= 0.6 is 11.3 Å². The number of carbonyl (C=O) groups is 1. The Morgan fingerprint density at radius 3 is 2.62 bits per heavy atom. The van der Waals surface area contributed by atoms with Gasteiger partial charge in [-0.3, -0.25) is 4.79 Å². The molecule has 0 radical (unpaired) electrons. The van der Waals surface area contributed by atoms with E-state index < -0.39 is 0 Å². The van der Waals surface area contributed by atoms with Crippen molar-refractivity contribution in [2.75, 3.05) is 18.5 Å². The quantitative estimate of drug-likeness (QED) is 0.450. The summed E-state index contributed by atoms with van der Waals surface area (Å²) in [7, 11) is 1.90. The number of hydrogen-bond donors (Lipinski definition) is 1. The van der Waals surface area contributed by atoms with E-state index in [1.165, 1.54) is 16.7 Å². The molecule has 1 atom stereocenters. The second-order valence-electron chi connectivity index (χ2n) is 8.47. The highest BCUT2D eigenvalue weighted by molar-refractivity contribution is 7.22. The maximum absolute atomic E-state index is 12.7. The van der Waals surface area contributed by atoms with E-state index in [9.17, 15) is 4.79 Å². The molecule has 4 rings (SSSR count). The Morgan fingerprint density at radius 1 is 1.12 bits per heavy atom. The second kappa shape index (κ2) is 8.74. The summed E-state index contributed by atoms with van der Waals surface area (Å²) in [4.78, 5) is 19.4. The molecule has 166 valence electrons. The van der Waals surface area contributed by atoms with E-state index >= 15 is 0 Å². The number of hydrogen-bond acceptors (Lipinski definition) is 5. The monoisotopic (exact) mass is 447 g/mol. The summed E-state index contributed by atoms with van der Waals surface area (Å²) in [6.07, 6.45) is 0. The zero-order valence-corrected chi connectivity index (χ0v) is 20.2. The maximum Gasteiger partial charge on any atom is 0.240 e. The van der Waals surface area contributed by atoms with Crippen LogP contribution in [0.15, 0.2) is 42.5 Å². The maximum atomic E-state index is 12.7. The molecule has 1 amide bonds. The molecule has 0 saturated carbocycles. The fourth-order valence-corrected chi connectivity index (χ4v) is 4.66. The first-order valence-electron chi connectivity index (χ1n) is 10.7. The second-order valence-corrected chi connectivity index (χ2v) is 9.45. The molecule has 0 aliphatic rings. The Morgan fingerprint density at radius 2 is 1.91 bits per heavy atom. The Balaban J connectivity index is 1.50. The van der Waals surface area contributed by atoms with Crippen molar-refractivity contribution >= 4 is 32.7 Å². The van der Waals surface area contributed by atoms with Crippen LogP contribution in [-0.2, 0) is 4.79 Å². The SMILES string of the molecule is Cc1cccc(-n2nc(C)c3sc(N(C)CC(=O)N[C@H](C)c4ccc(C)c(C)c4)nc32)c1. The zero-order valence-electron chi connectivity index (χ0n) is 19.4. The first-order valence-corrected chi connectivity index (χ1v) is 11.6. The minimum absolute atomic E-state index is 0.0329. The number of nitrogens with zero attached hydrogens (tertiary/aromatic N) is 4. The molecule has 0 aliphatic heterocycles. The molecule has 0 fully saturated rings. The molecule has 4 aromatic rings. The van der Waals surface area contributed by atoms with Gasteiger partial charge in [0.1, 0.15) is 0 Å². The molecule has 2 aromatic carbocycles. The van der Waals surface area contributed by atoms with Crippen LogP contribution in [0, 0.1) is 27.7 Å². The first-order chi connectivity index (χ1) is 15.2. The largest absolute Gasteiger partial charge is 0.348 e. The van der Waals surface area contributed by atoms with E-state index in [0.717, 1.165) is 32.4 Å². The van der Waals surface area contributed by atoms with Gasteiger partial charge in [-0.1, -0.05) is 41.7 Å². The van der Waals surface area contributed by atoms with Crippen molar-refractivity contribution in [2.45, 2.75) is 40.7 Å². The standard InChI is InChI=1S/C25H29N5OS/c1-15-8-7-9-21(12-15)30-24-23(19(5)28-30)32-25(27-24)29(6)14-22(31)26-18(4)20-11-10-16(2)17(3)13-20/h7-13,18H,14H2,1-6H3,(H,26,31)/t18-/m1/s1.